The van der Waals surface area contributed by atoms with Gasteiger partial charge in [-0.05, 0) is 36.4 Å². The van der Waals surface area contributed by atoms with Crippen LogP contribution in [0.5, 0.6) is 5.75 Å². The van der Waals surface area contributed by atoms with E-state index < -0.39 is 11.7 Å². The van der Waals surface area contributed by atoms with Gasteiger partial charge in [-0.25, -0.2) is 4.52 Å². The molecule has 2 aromatic heterocycles. The number of hydrogen-bond acceptors (Lipinski definition) is 4. The Hall–Kier alpha value is -4.08. The number of halogens is 3. The number of hydrogen-bond donors (Lipinski definition) is 0. The van der Waals surface area contributed by atoms with E-state index in [1.165, 1.54) is 12.1 Å². The SMILES string of the molecule is COc1ccc(-c2c(-c3ccc(C(F)(F)F)cc3)n3nc(-c4ccccc4)c(CN4CCOCC4)c3n2C)cc1. The Kier molecular flexibility index (Phi) is 6.85. The molecule has 0 aliphatic carbocycles. The van der Waals surface area contributed by atoms with Crippen molar-refractivity contribution in [2.75, 3.05) is 33.4 Å². The fourth-order valence-electron chi connectivity index (χ4n) is 5.42. The maximum absolute atomic E-state index is 13.4. The quantitative estimate of drug-likeness (QED) is 0.243. The van der Waals surface area contributed by atoms with Crippen LogP contribution in [-0.4, -0.2) is 52.5 Å². The van der Waals surface area contributed by atoms with Crippen LogP contribution in [0.15, 0.2) is 78.9 Å². The summed E-state index contributed by atoms with van der Waals surface area (Å²) in [4.78, 5) is 2.35. The zero-order chi connectivity index (χ0) is 27.9. The highest BCUT2D eigenvalue weighted by Crippen LogP contribution is 2.40. The third-order valence-corrected chi connectivity index (χ3v) is 7.43. The smallest absolute Gasteiger partial charge is 0.416 e. The van der Waals surface area contributed by atoms with Gasteiger partial charge >= 0.3 is 6.18 Å². The number of nitrogens with zero attached hydrogens (tertiary/aromatic N) is 4. The van der Waals surface area contributed by atoms with Crippen LogP contribution in [0.25, 0.3) is 39.4 Å². The summed E-state index contributed by atoms with van der Waals surface area (Å²) in [6.45, 7) is 3.64. The zero-order valence-corrected chi connectivity index (χ0v) is 22.3. The molecule has 0 amide bonds. The van der Waals surface area contributed by atoms with E-state index >= 15 is 0 Å². The average Bonchev–Trinajstić information content (AvgIpc) is 3.48. The lowest BCUT2D eigenvalue weighted by molar-refractivity contribution is -0.137. The lowest BCUT2D eigenvalue weighted by Gasteiger charge is -2.26. The molecule has 1 aliphatic rings. The Bertz CT molecular complexity index is 1620. The van der Waals surface area contributed by atoms with Crippen molar-refractivity contribution in [2.45, 2.75) is 12.7 Å². The molecule has 9 heteroatoms. The van der Waals surface area contributed by atoms with E-state index in [2.05, 4.69) is 9.47 Å². The number of rotatable bonds is 6. The Labute approximate surface area is 230 Å². The molecule has 0 bridgehead atoms. The zero-order valence-electron chi connectivity index (χ0n) is 22.3. The van der Waals surface area contributed by atoms with E-state index in [-0.39, 0.29) is 0 Å². The fourth-order valence-corrected chi connectivity index (χ4v) is 5.42. The molecule has 3 aromatic carbocycles. The first-order chi connectivity index (χ1) is 19.3. The highest BCUT2D eigenvalue weighted by molar-refractivity contribution is 5.86. The highest BCUT2D eigenvalue weighted by Gasteiger charge is 2.31. The summed E-state index contributed by atoms with van der Waals surface area (Å²) in [5, 5.41) is 5.13. The van der Waals surface area contributed by atoms with Crippen LogP contribution in [0.3, 0.4) is 0 Å². The van der Waals surface area contributed by atoms with Gasteiger partial charge < -0.3 is 14.0 Å². The minimum atomic E-state index is -4.42. The highest BCUT2D eigenvalue weighted by atomic mass is 19.4. The van der Waals surface area contributed by atoms with Crippen molar-refractivity contribution < 1.29 is 22.6 Å². The van der Waals surface area contributed by atoms with Gasteiger partial charge in [0, 0.05) is 48.9 Å². The molecule has 0 unspecified atom stereocenters. The van der Waals surface area contributed by atoms with Crippen LogP contribution in [0.1, 0.15) is 11.1 Å². The molecule has 0 saturated carbocycles. The first kappa shape index (κ1) is 26.2. The molecule has 0 N–H and O–H groups in total. The van der Waals surface area contributed by atoms with E-state index in [1.807, 2.05) is 66.2 Å². The van der Waals surface area contributed by atoms with E-state index in [1.54, 1.807) is 7.11 Å². The van der Waals surface area contributed by atoms with Crippen molar-refractivity contribution in [3.63, 3.8) is 0 Å². The Morgan fingerprint density at radius 2 is 1.45 bits per heavy atom. The van der Waals surface area contributed by atoms with Crippen molar-refractivity contribution in [3.05, 3.63) is 90.0 Å². The Morgan fingerprint density at radius 1 is 0.825 bits per heavy atom. The molecule has 3 heterocycles. The summed E-state index contributed by atoms with van der Waals surface area (Å²) in [7, 11) is 3.60. The molecule has 0 radical (unpaired) electrons. The second kappa shape index (κ2) is 10.5. The minimum absolute atomic E-state index is 0.643. The third-order valence-electron chi connectivity index (χ3n) is 7.43. The van der Waals surface area contributed by atoms with E-state index in [9.17, 15) is 13.2 Å². The van der Waals surface area contributed by atoms with Crippen molar-refractivity contribution >= 4 is 5.65 Å². The monoisotopic (exact) mass is 546 g/mol. The number of fused-ring (bicyclic) bond motifs is 1. The maximum atomic E-state index is 13.4. The molecular weight excluding hydrogens is 517 g/mol. The molecule has 6 nitrogen and oxygen atoms in total. The topological polar surface area (TPSA) is 43.9 Å². The summed E-state index contributed by atoms with van der Waals surface area (Å²) in [5.41, 5.74) is 6.23. The predicted octanol–water partition coefficient (Wildman–Crippen LogP) is 6.53. The third kappa shape index (κ3) is 4.76. The van der Waals surface area contributed by atoms with Crippen molar-refractivity contribution in [1.29, 1.82) is 0 Å². The molecule has 6 rings (SSSR count). The number of benzene rings is 3. The second-order valence-corrected chi connectivity index (χ2v) is 9.88. The van der Waals surface area contributed by atoms with Crippen molar-refractivity contribution in [1.82, 2.24) is 19.1 Å². The lowest BCUT2D eigenvalue weighted by Crippen LogP contribution is -2.35. The van der Waals surface area contributed by atoms with Gasteiger partial charge in [-0.1, -0.05) is 42.5 Å². The van der Waals surface area contributed by atoms with Gasteiger partial charge in [0.15, 0.2) is 0 Å². The summed E-state index contributed by atoms with van der Waals surface area (Å²) in [5.74, 6) is 0.721. The van der Waals surface area contributed by atoms with Crippen LogP contribution in [-0.2, 0) is 24.5 Å². The van der Waals surface area contributed by atoms with Crippen molar-refractivity contribution in [3.8, 4) is 39.5 Å². The minimum Gasteiger partial charge on any atom is -0.497 e. The number of aromatic nitrogens is 3. The van der Waals surface area contributed by atoms with Crippen LogP contribution in [0.2, 0.25) is 0 Å². The van der Waals surface area contributed by atoms with E-state index in [0.717, 1.165) is 70.4 Å². The molecule has 5 aromatic rings. The van der Waals surface area contributed by atoms with Crippen LogP contribution in [0, 0.1) is 0 Å². The van der Waals surface area contributed by atoms with E-state index in [4.69, 9.17) is 14.6 Å². The summed E-state index contributed by atoms with van der Waals surface area (Å²) >= 11 is 0. The summed E-state index contributed by atoms with van der Waals surface area (Å²) in [6, 6.07) is 23.0. The number of aryl methyl sites for hydroxylation is 1. The Balaban J connectivity index is 1.61. The van der Waals surface area contributed by atoms with Gasteiger partial charge in [0.2, 0.25) is 0 Å². The Morgan fingerprint density at radius 3 is 2.08 bits per heavy atom. The number of alkyl halides is 3. The molecule has 1 saturated heterocycles. The first-order valence-corrected chi connectivity index (χ1v) is 13.1. The number of methoxy groups -OCH3 is 1. The molecule has 0 atom stereocenters. The molecular formula is C31H29F3N4O2. The molecule has 1 fully saturated rings. The van der Waals surface area contributed by atoms with Crippen molar-refractivity contribution in [2.24, 2.45) is 7.05 Å². The molecule has 206 valence electrons. The first-order valence-electron chi connectivity index (χ1n) is 13.1. The van der Waals surface area contributed by atoms with Crippen LogP contribution in [0.4, 0.5) is 13.2 Å². The lowest BCUT2D eigenvalue weighted by atomic mass is 10.0. The number of ether oxygens (including phenoxy) is 2. The number of imidazole rings is 1. The van der Waals surface area contributed by atoms with Gasteiger partial charge in [0.25, 0.3) is 0 Å². The van der Waals surface area contributed by atoms with Gasteiger partial charge in [0.1, 0.15) is 11.4 Å². The normalized spacial score (nSPS) is 14.6. The second-order valence-electron chi connectivity index (χ2n) is 9.88. The standard InChI is InChI=1S/C31H29F3N4O2/c1-36-28(22-10-14-25(39-2)15-11-22)29(23-8-12-24(13-9-23)31(32,33)34)38-30(36)26(20-37-16-18-40-19-17-37)27(35-38)21-6-4-3-5-7-21/h3-15H,16-20H2,1-2H3. The fraction of sp³-hybridized carbons (Fsp3) is 0.258. The van der Waals surface area contributed by atoms with Gasteiger partial charge in [-0.3, -0.25) is 4.90 Å². The molecule has 0 spiro atoms. The summed E-state index contributed by atoms with van der Waals surface area (Å²) < 4.78 is 55.2. The summed E-state index contributed by atoms with van der Waals surface area (Å²) in [6.07, 6.45) is -4.42. The average molecular weight is 547 g/mol. The van der Waals surface area contributed by atoms with Gasteiger partial charge in [0.05, 0.1) is 43.0 Å². The molecule has 40 heavy (non-hydrogen) atoms. The number of morpholine rings is 1. The maximum Gasteiger partial charge on any atom is 0.416 e. The van der Waals surface area contributed by atoms with Crippen LogP contribution >= 0.6 is 0 Å². The van der Waals surface area contributed by atoms with E-state index in [0.29, 0.717) is 25.3 Å². The van der Waals surface area contributed by atoms with Gasteiger partial charge in [-0.2, -0.15) is 18.3 Å². The molecule has 1 aliphatic heterocycles. The van der Waals surface area contributed by atoms with Gasteiger partial charge in [-0.15, -0.1) is 0 Å². The largest absolute Gasteiger partial charge is 0.497 e. The predicted molar refractivity (Wildman–Crippen MR) is 148 cm³/mol. The van der Waals surface area contributed by atoms with Crippen LogP contribution < -0.4 is 4.74 Å².